The van der Waals surface area contributed by atoms with Gasteiger partial charge in [-0.1, -0.05) is 34.1 Å². The molecule has 24 heavy (non-hydrogen) atoms. The van der Waals surface area contributed by atoms with Gasteiger partial charge in [-0.25, -0.2) is 0 Å². The topological polar surface area (TPSA) is 61.4 Å². The number of benzene rings is 1. The van der Waals surface area contributed by atoms with Crippen LogP contribution in [0.15, 0.2) is 28.7 Å². The lowest BCUT2D eigenvalue weighted by Crippen LogP contribution is -2.43. The second-order valence-corrected chi connectivity index (χ2v) is 7.31. The van der Waals surface area contributed by atoms with Crippen LogP contribution in [0.3, 0.4) is 0 Å². The molecule has 132 valence electrons. The van der Waals surface area contributed by atoms with E-state index in [0.717, 1.165) is 29.4 Å². The Bertz CT molecular complexity index is 579. The molecular formula is C18H26BrN3O2. The fourth-order valence-electron chi connectivity index (χ4n) is 2.97. The van der Waals surface area contributed by atoms with Gasteiger partial charge in [-0.15, -0.1) is 0 Å². The summed E-state index contributed by atoms with van der Waals surface area (Å²) < 4.78 is 0.998. The summed E-state index contributed by atoms with van der Waals surface area (Å²) in [5, 5.41) is 6.25. The zero-order chi connectivity index (χ0) is 17.5. The van der Waals surface area contributed by atoms with Crippen LogP contribution < -0.4 is 10.6 Å². The number of halogens is 1. The molecule has 1 heterocycles. The van der Waals surface area contributed by atoms with Crippen molar-refractivity contribution in [3.63, 3.8) is 0 Å². The number of nitrogens with one attached hydrogen (secondary N) is 2. The highest BCUT2D eigenvalue weighted by Crippen LogP contribution is 2.18. The Morgan fingerprint density at radius 2 is 2.12 bits per heavy atom. The van der Waals surface area contributed by atoms with Crippen LogP contribution in [0.25, 0.3) is 0 Å². The molecular weight excluding hydrogens is 370 g/mol. The van der Waals surface area contributed by atoms with Crippen LogP contribution >= 0.6 is 15.9 Å². The molecule has 0 bridgehead atoms. The molecule has 5 nitrogen and oxygen atoms in total. The molecule has 0 unspecified atom stereocenters. The first kappa shape index (κ1) is 18.9. The molecule has 1 aliphatic rings. The van der Waals surface area contributed by atoms with E-state index in [1.54, 1.807) is 11.9 Å². The van der Waals surface area contributed by atoms with E-state index in [1.165, 1.54) is 0 Å². The predicted octanol–water partition coefficient (Wildman–Crippen LogP) is 2.30. The third-order valence-electron chi connectivity index (χ3n) is 4.42. The van der Waals surface area contributed by atoms with Gasteiger partial charge in [-0.3, -0.25) is 9.59 Å². The molecule has 2 N–H and O–H groups in total. The number of carbonyl (C=O) groups excluding carboxylic acids is 2. The van der Waals surface area contributed by atoms with Gasteiger partial charge in [0.05, 0.1) is 0 Å². The number of nitrogens with zero attached hydrogens (tertiary/aromatic N) is 1. The maximum absolute atomic E-state index is 12.2. The van der Waals surface area contributed by atoms with E-state index in [1.807, 2.05) is 24.3 Å². The monoisotopic (exact) mass is 395 g/mol. The van der Waals surface area contributed by atoms with E-state index in [2.05, 4.69) is 33.5 Å². The smallest absolute Gasteiger partial charge is 0.224 e. The average Bonchev–Trinajstić information content (AvgIpc) is 2.56. The molecule has 0 radical (unpaired) electrons. The van der Waals surface area contributed by atoms with E-state index < -0.39 is 0 Å². The Morgan fingerprint density at radius 3 is 2.83 bits per heavy atom. The van der Waals surface area contributed by atoms with Crippen molar-refractivity contribution in [3.8, 4) is 0 Å². The molecule has 2 atom stereocenters. The lowest BCUT2D eigenvalue weighted by atomic mass is 9.92. The first-order valence-corrected chi connectivity index (χ1v) is 9.25. The van der Waals surface area contributed by atoms with Crippen LogP contribution in [0, 0.1) is 5.92 Å². The quantitative estimate of drug-likeness (QED) is 0.776. The van der Waals surface area contributed by atoms with Gasteiger partial charge in [0, 0.05) is 43.0 Å². The lowest BCUT2D eigenvalue weighted by molar-refractivity contribution is -0.130. The first-order chi connectivity index (χ1) is 11.5. The zero-order valence-corrected chi connectivity index (χ0v) is 15.9. The fourth-order valence-corrected chi connectivity index (χ4v) is 3.38. The molecule has 1 aliphatic heterocycles. The van der Waals surface area contributed by atoms with Crippen LogP contribution in [-0.2, 0) is 16.1 Å². The largest absolute Gasteiger partial charge is 0.355 e. The Kier molecular flexibility index (Phi) is 7.24. The average molecular weight is 396 g/mol. The molecule has 0 aliphatic carbocycles. The summed E-state index contributed by atoms with van der Waals surface area (Å²) >= 11 is 3.49. The number of carbonyl (C=O) groups is 2. The SMILES string of the molecule is C[C@H]1C[C@@H](C(=O)NCCC(=O)N(C)Cc2ccccc2Br)CCN1. The van der Waals surface area contributed by atoms with Gasteiger partial charge < -0.3 is 15.5 Å². The van der Waals surface area contributed by atoms with Gasteiger partial charge in [0.25, 0.3) is 0 Å². The van der Waals surface area contributed by atoms with E-state index in [-0.39, 0.29) is 17.7 Å². The van der Waals surface area contributed by atoms with Crippen molar-refractivity contribution < 1.29 is 9.59 Å². The Morgan fingerprint density at radius 1 is 1.38 bits per heavy atom. The lowest BCUT2D eigenvalue weighted by Gasteiger charge is -2.27. The van der Waals surface area contributed by atoms with Gasteiger partial charge in [-0.2, -0.15) is 0 Å². The fraction of sp³-hybridized carbons (Fsp3) is 0.556. The minimum absolute atomic E-state index is 0.0322. The van der Waals surface area contributed by atoms with E-state index >= 15 is 0 Å². The minimum Gasteiger partial charge on any atom is -0.355 e. The highest BCUT2D eigenvalue weighted by molar-refractivity contribution is 9.10. The van der Waals surface area contributed by atoms with Crippen molar-refractivity contribution in [1.82, 2.24) is 15.5 Å². The van der Waals surface area contributed by atoms with Gasteiger partial charge in [0.2, 0.25) is 11.8 Å². The normalized spacial score (nSPS) is 20.5. The van der Waals surface area contributed by atoms with Crippen LogP contribution in [0.5, 0.6) is 0 Å². The number of hydrogen-bond donors (Lipinski definition) is 2. The van der Waals surface area contributed by atoms with E-state index in [9.17, 15) is 9.59 Å². The van der Waals surface area contributed by atoms with Crippen molar-refractivity contribution in [2.45, 2.75) is 38.8 Å². The predicted molar refractivity (Wildman–Crippen MR) is 98.4 cm³/mol. The van der Waals surface area contributed by atoms with Gasteiger partial charge >= 0.3 is 0 Å². The molecule has 2 rings (SSSR count). The van der Waals surface area contributed by atoms with Crippen LogP contribution in [0.1, 0.15) is 31.7 Å². The maximum atomic E-state index is 12.2. The van der Waals surface area contributed by atoms with Gasteiger partial charge in [0.15, 0.2) is 0 Å². The summed E-state index contributed by atoms with van der Waals surface area (Å²) in [5.41, 5.74) is 1.07. The molecule has 0 spiro atoms. The Hall–Kier alpha value is -1.40. The summed E-state index contributed by atoms with van der Waals surface area (Å²) in [6.07, 6.45) is 2.06. The highest BCUT2D eigenvalue weighted by atomic mass is 79.9. The molecule has 1 saturated heterocycles. The summed E-state index contributed by atoms with van der Waals surface area (Å²) in [6.45, 7) is 3.93. The van der Waals surface area contributed by atoms with Gasteiger partial charge in [0.1, 0.15) is 0 Å². The second-order valence-electron chi connectivity index (χ2n) is 6.46. The standard InChI is InChI=1S/C18H26BrN3O2/c1-13-11-14(7-9-20-13)18(24)21-10-8-17(23)22(2)12-15-5-3-4-6-16(15)19/h3-6,13-14,20H,7-12H2,1-2H3,(H,21,24)/t13-,14-/m0/s1. The number of amides is 2. The first-order valence-electron chi connectivity index (χ1n) is 8.46. The molecule has 1 aromatic carbocycles. The molecule has 1 aromatic rings. The summed E-state index contributed by atoms with van der Waals surface area (Å²) in [6, 6.07) is 8.25. The zero-order valence-electron chi connectivity index (χ0n) is 14.3. The van der Waals surface area contributed by atoms with E-state index in [4.69, 9.17) is 0 Å². The van der Waals surface area contributed by atoms with Gasteiger partial charge in [-0.05, 0) is 37.9 Å². The third kappa shape index (κ3) is 5.60. The number of piperidine rings is 1. The molecule has 1 fully saturated rings. The summed E-state index contributed by atoms with van der Waals surface area (Å²) in [5.74, 6) is 0.170. The molecule has 6 heteroatoms. The van der Waals surface area contributed by atoms with Crippen LogP contribution in [0.4, 0.5) is 0 Å². The van der Waals surface area contributed by atoms with Crippen molar-refractivity contribution >= 4 is 27.7 Å². The summed E-state index contributed by atoms with van der Waals surface area (Å²) in [7, 11) is 1.79. The van der Waals surface area contributed by atoms with Crippen LogP contribution in [0.2, 0.25) is 0 Å². The second kappa shape index (κ2) is 9.18. The minimum atomic E-state index is 0.0322. The summed E-state index contributed by atoms with van der Waals surface area (Å²) in [4.78, 5) is 26.1. The van der Waals surface area contributed by atoms with Crippen molar-refractivity contribution in [3.05, 3.63) is 34.3 Å². The van der Waals surface area contributed by atoms with E-state index in [0.29, 0.717) is 25.6 Å². The molecule has 0 saturated carbocycles. The van der Waals surface area contributed by atoms with Crippen molar-refractivity contribution in [1.29, 1.82) is 0 Å². The Labute approximate surface area is 152 Å². The number of hydrogen-bond acceptors (Lipinski definition) is 3. The highest BCUT2D eigenvalue weighted by Gasteiger charge is 2.24. The number of rotatable bonds is 6. The van der Waals surface area contributed by atoms with Crippen LogP contribution in [-0.4, -0.2) is 42.9 Å². The van der Waals surface area contributed by atoms with Crippen molar-refractivity contribution in [2.75, 3.05) is 20.1 Å². The Balaban J connectivity index is 1.72. The van der Waals surface area contributed by atoms with Crippen molar-refractivity contribution in [2.24, 2.45) is 5.92 Å². The molecule has 2 amide bonds. The molecule has 0 aromatic heterocycles. The third-order valence-corrected chi connectivity index (χ3v) is 5.20. The maximum Gasteiger partial charge on any atom is 0.224 e.